The molecule has 0 spiro atoms. The predicted octanol–water partition coefficient (Wildman–Crippen LogP) is 1.89. The number of para-hydroxylation sites is 1. The highest BCUT2D eigenvalue weighted by Crippen LogP contribution is 2.15. The Kier molecular flexibility index (Phi) is 6.16. The molecular formula is C18H18N6O2S. The van der Waals surface area contributed by atoms with Gasteiger partial charge in [-0.15, -0.1) is 16.9 Å². The molecule has 0 saturated carbocycles. The number of nitrogens with one attached hydrogen (secondary N) is 2. The van der Waals surface area contributed by atoms with E-state index in [0.29, 0.717) is 22.8 Å². The van der Waals surface area contributed by atoms with E-state index in [2.05, 4.69) is 26.2 Å². The van der Waals surface area contributed by atoms with Gasteiger partial charge in [-0.3, -0.25) is 9.59 Å². The van der Waals surface area contributed by atoms with Crippen LogP contribution in [0.5, 0.6) is 0 Å². The maximum Gasteiger partial charge on any atom is 0.251 e. The number of carbonyl (C=O) groups excluding carboxylic acids is 2. The quantitative estimate of drug-likeness (QED) is 0.647. The predicted molar refractivity (Wildman–Crippen MR) is 104 cm³/mol. The van der Waals surface area contributed by atoms with Gasteiger partial charge >= 0.3 is 0 Å². The van der Waals surface area contributed by atoms with Gasteiger partial charge < -0.3 is 10.6 Å². The summed E-state index contributed by atoms with van der Waals surface area (Å²) in [5.41, 5.74) is 1.94. The zero-order valence-electron chi connectivity index (χ0n) is 14.6. The molecule has 27 heavy (non-hydrogen) atoms. The van der Waals surface area contributed by atoms with Gasteiger partial charge in [-0.05, 0) is 40.8 Å². The summed E-state index contributed by atoms with van der Waals surface area (Å²) in [5.74, 6) is 1.04. The lowest BCUT2D eigenvalue weighted by Crippen LogP contribution is -2.19. The summed E-state index contributed by atoms with van der Waals surface area (Å²) < 4.78 is 1.65. The van der Waals surface area contributed by atoms with Crippen LogP contribution in [0.25, 0.3) is 5.69 Å². The Bertz CT molecular complexity index is 928. The van der Waals surface area contributed by atoms with Gasteiger partial charge in [0.1, 0.15) is 0 Å². The first-order chi connectivity index (χ1) is 13.2. The minimum atomic E-state index is -0.201. The molecule has 0 radical (unpaired) electrons. The molecule has 2 N–H and O–H groups in total. The second-order valence-corrected chi connectivity index (χ2v) is 6.53. The standard InChI is InChI=1S/C18H18N6O2S/c1-19-18(26)13-6-5-7-14(10-13)20-17(25)12-27-11-16-21-22-23-24(16)15-8-3-2-4-9-15/h2-10H,11-12H2,1H3,(H,19,26)(H,20,25). The van der Waals surface area contributed by atoms with Crippen LogP contribution in [0, 0.1) is 0 Å². The fourth-order valence-corrected chi connectivity index (χ4v) is 3.10. The Morgan fingerprint density at radius 1 is 1.11 bits per heavy atom. The van der Waals surface area contributed by atoms with Crippen LogP contribution in [0.15, 0.2) is 54.6 Å². The number of rotatable bonds is 7. The van der Waals surface area contributed by atoms with E-state index >= 15 is 0 Å². The minimum absolute atomic E-state index is 0.159. The van der Waals surface area contributed by atoms with E-state index in [-0.39, 0.29) is 17.6 Å². The molecule has 0 saturated heterocycles. The lowest BCUT2D eigenvalue weighted by Gasteiger charge is -2.07. The average Bonchev–Trinajstić information content (AvgIpc) is 3.16. The third kappa shape index (κ3) is 4.91. The zero-order valence-corrected chi connectivity index (χ0v) is 15.4. The van der Waals surface area contributed by atoms with Crippen molar-refractivity contribution in [3.8, 4) is 5.69 Å². The second kappa shape index (κ2) is 8.95. The Labute approximate surface area is 160 Å². The third-order valence-electron chi connectivity index (χ3n) is 3.63. The molecule has 2 amide bonds. The van der Waals surface area contributed by atoms with Gasteiger partial charge in [0.25, 0.3) is 5.91 Å². The van der Waals surface area contributed by atoms with Crippen molar-refractivity contribution in [1.82, 2.24) is 25.5 Å². The van der Waals surface area contributed by atoms with E-state index in [1.165, 1.54) is 11.8 Å². The van der Waals surface area contributed by atoms with Crippen molar-refractivity contribution in [2.75, 3.05) is 18.1 Å². The number of carbonyl (C=O) groups is 2. The van der Waals surface area contributed by atoms with Crippen LogP contribution in [0.1, 0.15) is 16.2 Å². The Hall–Kier alpha value is -3.20. The van der Waals surface area contributed by atoms with E-state index in [1.54, 1.807) is 36.0 Å². The molecule has 138 valence electrons. The Morgan fingerprint density at radius 3 is 2.70 bits per heavy atom. The SMILES string of the molecule is CNC(=O)c1cccc(NC(=O)CSCc2nnnn2-c2ccccc2)c1. The summed E-state index contributed by atoms with van der Waals surface area (Å²) in [4.78, 5) is 23.8. The maximum absolute atomic E-state index is 12.2. The molecule has 0 fully saturated rings. The Balaban J connectivity index is 1.54. The minimum Gasteiger partial charge on any atom is -0.355 e. The van der Waals surface area contributed by atoms with Gasteiger partial charge in [-0.1, -0.05) is 24.3 Å². The number of amides is 2. The molecule has 0 aliphatic carbocycles. The van der Waals surface area contributed by atoms with Crippen LogP contribution in [0.3, 0.4) is 0 Å². The largest absolute Gasteiger partial charge is 0.355 e. The van der Waals surface area contributed by atoms with Crippen molar-refractivity contribution in [2.45, 2.75) is 5.75 Å². The van der Waals surface area contributed by atoms with E-state index in [0.717, 1.165) is 5.69 Å². The molecule has 8 nitrogen and oxygen atoms in total. The van der Waals surface area contributed by atoms with E-state index in [4.69, 9.17) is 0 Å². The van der Waals surface area contributed by atoms with E-state index < -0.39 is 0 Å². The van der Waals surface area contributed by atoms with Crippen LogP contribution in [-0.2, 0) is 10.5 Å². The molecule has 1 aromatic heterocycles. The monoisotopic (exact) mass is 382 g/mol. The third-order valence-corrected chi connectivity index (χ3v) is 4.56. The molecule has 0 bridgehead atoms. The molecule has 3 rings (SSSR count). The number of anilines is 1. The van der Waals surface area contributed by atoms with Gasteiger partial charge in [-0.2, -0.15) is 4.68 Å². The highest BCUT2D eigenvalue weighted by molar-refractivity contribution is 7.99. The Morgan fingerprint density at radius 2 is 1.93 bits per heavy atom. The van der Waals surface area contributed by atoms with Crippen molar-refractivity contribution in [1.29, 1.82) is 0 Å². The van der Waals surface area contributed by atoms with Crippen molar-refractivity contribution in [2.24, 2.45) is 0 Å². The van der Waals surface area contributed by atoms with Gasteiger partial charge in [0.2, 0.25) is 5.91 Å². The van der Waals surface area contributed by atoms with E-state index in [9.17, 15) is 9.59 Å². The highest BCUT2D eigenvalue weighted by atomic mass is 32.2. The molecule has 3 aromatic rings. The average molecular weight is 382 g/mol. The summed E-state index contributed by atoms with van der Waals surface area (Å²) in [6.45, 7) is 0. The summed E-state index contributed by atoms with van der Waals surface area (Å²) >= 11 is 1.41. The van der Waals surface area contributed by atoms with Gasteiger partial charge in [0.15, 0.2) is 5.82 Å². The number of benzene rings is 2. The molecule has 9 heteroatoms. The number of nitrogens with zero attached hydrogens (tertiary/aromatic N) is 4. The van der Waals surface area contributed by atoms with Gasteiger partial charge in [0.05, 0.1) is 17.2 Å². The summed E-state index contributed by atoms with van der Waals surface area (Å²) in [7, 11) is 1.56. The van der Waals surface area contributed by atoms with Gasteiger partial charge in [-0.25, -0.2) is 0 Å². The topological polar surface area (TPSA) is 102 Å². The van der Waals surface area contributed by atoms with Crippen molar-refractivity contribution in [3.63, 3.8) is 0 Å². The molecule has 2 aromatic carbocycles. The lowest BCUT2D eigenvalue weighted by molar-refractivity contribution is -0.113. The molecule has 1 heterocycles. The first-order valence-electron chi connectivity index (χ1n) is 8.20. The molecular weight excluding hydrogens is 364 g/mol. The highest BCUT2D eigenvalue weighted by Gasteiger charge is 2.10. The lowest BCUT2D eigenvalue weighted by atomic mass is 10.2. The summed E-state index contributed by atoms with van der Waals surface area (Å²) in [6, 6.07) is 16.4. The van der Waals surface area contributed by atoms with Crippen LogP contribution in [0.2, 0.25) is 0 Å². The summed E-state index contributed by atoms with van der Waals surface area (Å²) in [6.07, 6.45) is 0. The zero-order chi connectivity index (χ0) is 19.1. The number of hydrogen-bond acceptors (Lipinski definition) is 6. The molecule has 0 atom stereocenters. The first-order valence-corrected chi connectivity index (χ1v) is 9.35. The van der Waals surface area contributed by atoms with Crippen LogP contribution in [0.4, 0.5) is 5.69 Å². The second-order valence-electron chi connectivity index (χ2n) is 5.54. The van der Waals surface area contributed by atoms with Crippen molar-refractivity contribution >= 4 is 29.3 Å². The molecule has 0 aliphatic rings. The van der Waals surface area contributed by atoms with Crippen LogP contribution in [-0.4, -0.2) is 44.8 Å². The number of thioether (sulfide) groups is 1. The smallest absolute Gasteiger partial charge is 0.251 e. The van der Waals surface area contributed by atoms with Crippen LogP contribution < -0.4 is 10.6 Å². The van der Waals surface area contributed by atoms with Crippen molar-refractivity contribution in [3.05, 3.63) is 66.0 Å². The number of tetrazole rings is 1. The maximum atomic E-state index is 12.2. The normalized spacial score (nSPS) is 10.4. The molecule has 0 aliphatic heterocycles. The first kappa shape index (κ1) is 18.6. The van der Waals surface area contributed by atoms with Crippen LogP contribution >= 0.6 is 11.8 Å². The fourth-order valence-electron chi connectivity index (χ4n) is 2.38. The molecule has 0 unspecified atom stereocenters. The summed E-state index contributed by atoms with van der Waals surface area (Å²) in [5, 5.41) is 17.1. The van der Waals surface area contributed by atoms with E-state index in [1.807, 2.05) is 30.3 Å². The van der Waals surface area contributed by atoms with Crippen molar-refractivity contribution < 1.29 is 9.59 Å². The number of aromatic nitrogens is 4. The number of hydrogen-bond donors (Lipinski definition) is 2. The fraction of sp³-hybridized carbons (Fsp3) is 0.167. The van der Waals surface area contributed by atoms with Gasteiger partial charge in [0, 0.05) is 18.3 Å².